The van der Waals surface area contributed by atoms with Crippen LogP contribution in [-0.2, 0) is 9.59 Å². The molecule has 4 fully saturated rings. The molecule has 0 aromatic rings. The number of fused-ring (bicyclic) bond motifs is 3. The molecule has 0 aromatic carbocycles. The van der Waals surface area contributed by atoms with Gasteiger partial charge >= 0.3 is 5.97 Å². The van der Waals surface area contributed by atoms with Crippen molar-refractivity contribution >= 4 is 11.8 Å². The zero-order chi connectivity index (χ0) is 17.5. The van der Waals surface area contributed by atoms with Crippen molar-refractivity contribution in [3.8, 4) is 0 Å². The highest BCUT2D eigenvalue weighted by atomic mass is 16.4. The Morgan fingerprint density at radius 2 is 1.96 bits per heavy atom. The molecule has 132 valence electrons. The van der Waals surface area contributed by atoms with E-state index in [-0.39, 0.29) is 29.0 Å². The van der Waals surface area contributed by atoms with Crippen LogP contribution in [-0.4, -0.2) is 28.1 Å². The van der Waals surface area contributed by atoms with E-state index in [0.717, 1.165) is 25.7 Å². The Labute approximate surface area is 143 Å². The number of hydrogen-bond acceptors (Lipinski definition) is 3. The first-order chi connectivity index (χ1) is 11.2. The molecule has 6 unspecified atom stereocenters. The quantitative estimate of drug-likeness (QED) is 0.723. The molecule has 0 aromatic heterocycles. The van der Waals surface area contributed by atoms with Gasteiger partial charge in [0.15, 0.2) is 5.78 Å². The summed E-state index contributed by atoms with van der Waals surface area (Å²) in [6, 6.07) is 0. The molecular weight excluding hydrogens is 304 g/mol. The number of carboxylic acid groups (broad SMARTS) is 1. The van der Waals surface area contributed by atoms with Crippen LogP contribution in [0.15, 0.2) is 12.2 Å². The summed E-state index contributed by atoms with van der Waals surface area (Å²) >= 11 is 0. The number of aliphatic carboxylic acids is 1. The molecule has 0 saturated heterocycles. The molecule has 4 saturated carbocycles. The fourth-order valence-corrected chi connectivity index (χ4v) is 7.48. The van der Waals surface area contributed by atoms with Gasteiger partial charge in [0, 0.05) is 11.3 Å². The predicted molar refractivity (Wildman–Crippen MR) is 89.2 cm³/mol. The van der Waals surface area contributed by atoms with Crippen molar-refractivity contribution in [3.63, 3.8) is 0 Å². The minimum Gasteiger partial charge on any atom is -0.481 e. The smallest absolute Gasteiger partial charge is 0.309 e. The maximum atomic E-state index is 13.1. The number of rotatable bonds is 1. The zero-order valence-electron chi connectivity index (χ0n) is 14.7. The van der Waals surface area contributed by atoms with E-state index in [2.05, 4.69) is 13.5 Å². The fraction of sp³-hybridized carbons (Fsp3) is 0.800. The Hall–Kier alpha value is -1.16. The van der Waals surface area contributed by atoms with Gasteiger partial charge in [0.1, 0.15) is 0 Å². The molecular formula is C20H28O4. The van der Waals surface area contributed by atoms with Crippen molar-refractivity contribution < 1.29 is 19.8 Å². The molecule has 0 heterocycles. The van der Waals surface area contributed by atoms with Gasteiger partial charge in [-0.3, -0.25) is 9.59 Å². The lowest BCUT2D eigenvalue weighted by atomic mass is 9.40. The molecule has 4 nitrogen and oxygen atoms in total. The van der Waals surface area contributed by atoms with Crippen LogP contribution in [0, 0.1) is 34.0 Å². The highest BCUT2D eigenvalue weighted by Gasteiger charge is 2.70. The van der Waals surface area contributed by atoms with E-state index in [9.17, 15) is 19.8 Å². The van der Waals surface area contributed by atoms with Crippen LogP contribution in [0.2, 0.25) is 0 Å². The number of allylic oxidation sites excluding steroid dienone is 1. The summed E-state index contributed by atoms with van der Waals surface area (Å²) in [6.07, 6.45) is 4.86. The Balaban J connectivity index is 1.83. The summed E-state index contributed by atoms with van der Waals surface area (Å²) in [6.45, 7) is 8.06. The summed E-state index contributed by atoms with van der Waals surface area (Å²) in [5.41, 5.74) is -0.810. The highest BCUT2D eigenvalue weighted by Crippen LogP contribution is 2.71. The first-order valence-corrected chi connectivity index (χ1v) is 9.32. The molecule has 2 bridgehead atoms. The van der Waals surface area contributed by atoms with Gasteiger partial charge in [-0.25, -0.2) is 0 Å². The van der Waals surface area contributed by atoms with Crippen LogP contribution in [0.4, 0.5) is 0 Å². The van der Waals surface area contributed by atoms with Crippen LogP contribution in [0.3, 0.4) is 0 Å². The van der Waals surface area contributed by atoms with Crippen LogP contribution in [0.5, 0.6) is 0 Å². The molecule has 4 aliphatic carbocycles. The van der Waals surface area contributed by atoms with Crippen molar-refractivity contribution in [1.82, 2.24) is 0 Å². The van der Waals surface area contributed by atoms with E-state index in [0.29, 0.717) is 24.8 Å². The fourth-order valence-electron chi connectivity index (χ4n) is 7.48. The van der Waals surface area contributed by atoms with E-state index in [1.807, 2.05) is 6.92 Å². The molecule has 0 aliphatic heterocycles. The third-order valence-corrected chi connectivity index (χ3v) is 8.41. The average Bonchev–Trinajstić information content (AvgIpc) is 2.68. The van der Waals surface area contributed by atoms with Crippen molar-refractivity contribution in [2.75, 3.05) is 0 Å². The maximum Gasteiger partial charge on any atom is 0.309 e. The number of carbonyl (C=O) groups is 2. The van der Waals surface area contributed by atoms with Crippen molar-refractivity contribution in [2.24, 2.45) is 34.0 Å². The van der Waals surface area contributed by atoms with Crippen LogP contribution < -0.4 is 0 Å². The Morgan fingerprint density at radius 3 is 2.62 bits per heavy atom. The van der Waals surface area contributed by atoms with Crippen molar-refractivity contribution in [1.29, 1.82) is 0 Å². The average molecular weight is 332 g/mol. The number of aliphatic hydroxyl groups is 1. The van der Waals surface area contributed by atoms with Gasteiger partial charge in [-0.15, -0.1) is 0 Å². The Morgan fingerprint density at radius 1 is 1.25 bits per heavy atom. The molecule has 4 aliphatic rings. The summed E-state index contributed by atoms with van der Waals surface area (Å²) < 4.78 is 0. The van der Waals surface area contributed by atoms with E-state index < -0.39 is 22.9 Å². The molecule has 7 atom stereocenters. The lowest BCUT2D eigenvalue weighted by Gasteiger charge is -2.63. The first kappa shape index (κ1) is 16.3. The third-order valence-electron chi connectivity index (χ3n) is 8.41. The normalized spacial score (nSPS) is 53.5. The monoisotopic (exact) mass is 332 g/mol. The van der Waals surface area contributed by atoms with Crippen molar-refractivity contribution in [2.45, 2.75) is 64.9 Å². The van der Waals surface area contributed by atoms with E-state index in [1.54, 1.807) is 0 Å². The van der Waals surface area contributed by atoms with Gasteiger partial charge in [-0.05, 0) is 68.3 Å². The maximum absolute atomic E-state index is 13.1. The Bertz CT molecular complexity index is 640. The van der Waals surface area contributed by atoms with Crippen LogP contribution in [0.1, 0.15) is 58.8 Å². The lowest BCUT2D eigenvalue weighted by molar-refractivity contribution is -0.199. The second-order valence-electron chi connectivity index (χ2n) is 9.37. The SMILES string of the molecule is C=C1C(=O)C23CCC4C(C)(C(=O)O)CCC[C@@]4(C)C2C(O)CC1C3. The minimum absolute atomic E-state index is 0.0275. The third kappa shape index (κ3) is 1.68. The topological polar surface area (TPSA) is 74.6 Å². The largest absolute Gasteiger partial charge is 0.481 e. The molecule has 0 radical (unpaired) electrons. The number of carboxylic acids is 1. The van der Waals surface area contributed by atoms with Gasteiger partial charge in [0.25, 0.3) is 0 Å². The lowest BCUT2D eigenvalue weighted by Crippen LogP contribution is -2.62. The summed E-state index contributed by atoms with van der Waals surface area (Å²) in [5, 5.41) is 20.9. The van der Waals surface area contributed by atoms with E-state index in [1.165, 1.54) is 0 Å². The molecule has 4 rings (SSSR count). The van der Waals surface area contributed by atoms with Gasteiger partial charge in [0.05, 0.1) is 11.5 Å². The number of ketones is 1. The number of aliphatic hydroxyl groups excluding tert-OH is 1. The number of hydrogen-bond donors (Lipinski definition) is 2. The summed E-state index contributed by atoms with van der Waals surface area (Å²) in [4.78, 5) is 25.1. The molecule has 0 amide bonds. The van der Waals surface area contributed by atoms with Gasteiger partial charge < -0.3 is 10.2 Å². The number of carbonyl (C=O) groups excluding carboxylic acids is 1. The first-order valence-electron chi connectivity index (χ1n) is 9.32. The zero-order valence-corrected chi connectivity index (χ0v) is 14.7. The highest BCUT2D eigenvalue weighted by molar-refractivity contribution is 6.03. The van der Waals surface area contributed by atoms with Gasteiger partial charge in [0.2, 0.25) is 0 Å². The minimum atomic E-state index is -0.746. The molecule has 1 spiro atoms. The van der Waals surface area contributed by atoms with Gasteiger partial charge in [-0.1, -0.05) is 19.9 Å². The molecule has 4 heteroatoms. The second kappa shape index (κ2) is 4.72. The van der Waals surface area contributed by atoms with Gasteiger partial charge in [-0.2, -0.15) is 0 Å². The summed E-state index contributed by atoms with van der Waals surface area (Å²) in [7, 11) is 0. The van der Waals surface area contributed by atoms with E-state index in [4.69, 9.17) is 0 Å². The summed E-state index contributed by atoms with van der Waals surface area (Å²) in [5.74, 6) is -0.528. The standard InChI is InChI=1S/C20H28O4/c1-11-12-9-13(21)15-18(2)6-4-7-19(3,17(23)24)14(18)5-8-20(15,10-12)16(11)22/h12-15,21H,1,4-10H2,2-3H3,(H,23,24)/t12?,13?,14?,15?,18-,19?,20?/m1/s1. The second-order valence-corrected chi connectivity index (χ2v) is 9.37. The predicted octanol–water partition coefficient (Wildman–Crippen LogP) is 3.19. The van der Waals surface area contributed by atoms with E-state index >= 15 is 0 Å². The Kier molecular flexibility index (Phi) is 3.21. The number of Topliss-reactive ketones (excluding diaryl/α,β-unsaturated/α-hetero) is 1. The van der Waals surface area contributed by atoms with Crippen LogP contribution >= 0.6 is 0 Å². The van der Waals surface area contributed by atoms with Crippen LogP contribution in [0.25, 0.3) is 0 Å². The molecule has 24 heavy (non-hydrogen) atoms. The molecule has 2 N–H and O–H groups in total. The van der Waals surface area contributed by atoms with Crippen molar-refractivity contribution in [3.05, 3.63) is 12.2 Å².